The number of nitrogens with one attached hydrogen (secondary N) is 1. The van der Waals surface area contributed by atoms with E-state index in [1.54, 1.807) is 11.3 Å². The van der Waals surface area contributed by atoms with E-state index in [0.717, 1.165) is 24.8 Å². The normalized spacial score (nSPS) is 21.0. The van der Waals surface area contributed by atoms with Crippen LogP contribution >= 0.6 is 22.9 Å². The zero-order valence-electron chi connectivity index (χ0n) is 9.58. The van der Waals surface area contributed by atoms with Gasteiger partial charge in [-0.05, 0) is 26.3 Å². The summed E-state index contributed by atoms with van der Waals surface area (Å²) >= 11 is 7.49. The molecule has 1 saturated heterocycles. The van der Waals surface area contributed by atoms with Crippen LogP contribution in [0.4, 0.5) is 5.13 Å². The third kappa shape index (κ3) is 3.09. The van der Waals surface area contributed by atoms with Crippen LogP contribution in [0.1, 0.15) is 26.2 Å². The highest BCUT2D eigenvalue weighted by Crippen LogP contribution is 2.23. The largest absolute Gasteiger partial charge is 0.347 e. The third-order valence-corrected chi connectivity index (χ3v) is 4.19. The van der Waals surface area contributed by atoms with Crippen molar-refractivity contribution in [2.24, 2.45) is 0 Å². The average molecular weight is 260 g/mol. The molecule has 0 aliphatic carbocycles. The zero-order chi connectivity index (χ0) is 11.4. The van der Waals surface area contributed by atoms with Crippen LogP contribution in [-0.4, -0.2) is 30.7 Å². The summed E-state index contributed by atoms with van der Waals surface area (Å²) in [6.45, 7) is 5.35. The van der Waals surface area contributed by atoms with Crippen LogP contribution in [0.5, 0.6) is 0 Å². The van der Waals surface area contributed by atoms with Crippen LogP contribution in [0, 0.1) is 0 Å². The number of anilines is 1. The quantitative estimate of drug-likeness (QED) is 0.901. The molecule has 0 amide bonds. The molecule has 0 spiro atoms. The minimum atomic E-state index is 0.607. The van der Waals surface area contributed by atoms with Gasteiger partial charge >= 0.3 is 0 Å². The second-order valence-electron chi connectivity index (χ2n) is 4.14. The molecule has 16 heavy (non-hydrogen) atoms. The van der Waals surface area contributed by atoms with Crippen molar-refractivity contribution in [3.05, 3.63) is 10.5 Å². The molecule has 2 heterocycles. The minimum absolute atomic E-state index is 0.607. The van der Waals surface area contributed by atoms with Gasteiger partial charge in [-0.2, -0.15) is 0 Å². The van der Waals surface area contributed by atoms with Gasteiger partial charge in [-0.1, -0.05) is 18.0 Å². The van der Waals surface area contributed by atoms with E-state index in [1.165, 1.54) is 19.3 Å². The van der Waals surface area contributed by atoms with E-state index >= 15 is 0 Å². The average Bonchev–Trinajstić information content (AvgIpc) is 2.74. The maximum absolute atomic E-state index is 5.86. The molecule has 0 radical (unpaired) electrons. The van der Waals surface area contributed by atoms with E-state index in [2.05, 4.69) is 22.1 Å². The smallest absolute Gasteiger partial charge is 0.186 e. The Morgan fingerprint density at radius 1 is 1.62 bits per heavy atom. The molecule has 0 bridgehead atoms. The number of likely N-dealkylation sites (N-methyl/N-ethyl adjacent to an activating group) is 1. The maximum Gasteiger partial charge on any atom is 0.186 e. The van der Waals surface area contributed by atoms with Gasteiger partial charge in [0.25, 0.3) is 0 Å². The summed E-state index contributed by atoms with van der Waals surface area (Å²) in [6, 6.07) is 0.608. The summed E-state index contributed by atoms with van der Waals surface area (Å²) in [5.74, 6) is 0. The first-order valence-corrected chi connectivity index (χ1v) is 7.14. The number of rotatable bonds is 4. The molecule has 90 valence electrons. The number of nitrogens with zero attached hydrogens (tertiary/aromatic N) is 2. The molecule has 3 nitrogen and oxygen atoms in total. The van der Waals surface area contributed by atoms with Crippen molar-refractivity contribution in [1.82, 2.24) is 10.3 Å². The fraction of sp³-hybridized carbons (Fsp3) is 0.727. The predicted octanol–water partition coefficient (Wildman–Crippen LogP) is 2.76. The molecule has 1 aromatic heterocycles. The van der Waals surface area contributed by atoms with Gasteiger partial charge in [0.1, 0.15) is 5.15 Å². The fourth-order valence-corrected chi connectivity index (χ4v) is 3.10. The van der Waals surface area contributed by atoms with Crippen LogP contribution in [0.15, 0.2) is 5.38 Å². The first kappa shape index (κ1) is 12.1. The second-order valence-corrected chi connectivity index (χ2v) is 5.36. The van der Waals surface area contributed by atoms with Gasteiger partial charge in [-0.3, -0.25) is 0 Å². The number of halogens is 1. The SMILES string of the molecule is CCN(CC1CCCCN1)c1nc(Cl)cs1. The summed E-state index contributed by atoms with van der Waals surface area (Å²) in [6.07, 6.45) is 3.93. The van der Waals surface area contributed by atoms with Gasteiger partial charge in [-0.15, -0.1) is 11.3 Å². The number of hydrogen-bond acceptors (Lipinski definition) is 4. The predicted molar refractivity (Wildman–Crippen MR) is 70.7 cm³/mol. The van der Waals surface area contributed by atoms with Crippen LogP contribution in [-0.2, 0) is 0 Å². The highest BCUT2D eigenvalue weighted by molar-refractivity contribution is 7.14. The summed E-state index contributed by atoms with van der Waals surface area (Å²) < 4.78 is 0. The highest BCUT2D eigenvalue weighted by Gasteiger charge is 2.17. The lowest BCUT2D eigenvalue weighted by molar-refractivity contribution is 0.400. The lowest BCUT2D eigenvalue weighted by atomic mass is 10.0. The van der Waals surface area contributed by atoms with Crippen molar-refractivity contribution in [3.8, 4) is 0 Å². The molecule has 0 saturated carbocycles. The van der Waals surface area contributed by atoms with Crippen LogP contribution < -0.4 is 10.2 Å². The Hall–Kier alpha value is -0.320. The molecule has 1 atom stereocenters. The number of piperidine rings is 1. The molecule has 1 N–H and O–H groups in total. The zero-order valence-corrected chi connectivity index (χ0v) is 11.2. The van der Waals surface area contributed by atoms with Crippen molar-refractivity contribution < 1.29 is 0 Å². The van der Waals surface area contributed by atoms with E-state index in [9.17, 15) is 0 Å². The summed E-state index contributed by atoms with van der Waals surface area (Å²) in [4.78, 5) is 6.63. The highest BCUT2D eigenvalue weighted by atomic mass is 35.5. The van der Waals surface area contributed by atoms with Crippen molar-refractivity contribution in [1.29, 1.82) is 0 Å². The molecule has 0 aromatic carbocycles. The molecule has 1 aromatic rings. The van der Waals surface area contributed by atoms with E-state index in [1.807, 2.05) is 5.38 Å². The lowest BCUT2D eigenvalue weighted by Gasteiger charge is -2.29. The van der Waals surface area contributed by atoms with Crippen LogP contribution in [0.3, 0.4) is 0 Å². The van der Waals surface area contributed by atoms with Gasteiger partial charge in [0.2, 0.25) is 0 Å². The van der Waals surface area contributed by atoms with Crippen LogP contribution in [0.2, 0.25) is 5.15 Å². The van der Waals surface area contributed by atoms with Gasteiger partial charge in [0, 0.05) is 24.5 Å². The van der Waals surface area contributed by atoms with E-state index < -0.39 is 0 Å². The van der Waals surface area contributed by atoms with Crippen molar-refractivity contribution in [2.45, 2.75) is 32.2 Å². The van der Waals surface area contributed by atoms with Gasteiger partial charge in [0.05, 0.1) is 0 Å². The Morgan fingerprint density at radius 3 is 3.06 bits per heavy atom. The van der Waals surface area contributed by atoms with Gasteiger partial charge in [0.15, 0.2) is 5.13 Å². The third-order valence-electron chi connectivity index (χ3n) is 2.97. The van der Waals surface area contributed by atoms with Gasteiger partial charge in [-0.25, -0.2) is 4.98 Å². The molecule has 1 aliphatic heterocycles. The standard InChI is InChI=1S/C11H18ClN3S/c1-2-15(11-14-10(12)8-16-11)7-9-5-3-4-6-13-9/h8-9,13H,2-7H2,1H3. The van der Waals surface area contributed by atoms with E-state index in [4.69, 9.17) is 11.6 Å². The fourth-order valence-electron chi connectivity index (χ4n) is 2.08. The molecular weight excluding hydrogens is 242 g/mol. The number of aromatic nitrogens is 1. The molecule has 1 aliphatic rings. The first-order chi connectivity index (χ1) is 7.79. The maximum atomic E-state index is 5.86. The number of hydrogen-bond donors (Lipinski definition) is 1. The molecular formula is C11H18ClN3S. The lowest BCUT2D eigenvalue weighted by Crippen LogP contribution is -2.43. The summed E-state index contributed by atoms with van der Waals surface area (Å²) in [7, 11) is 0. The Bertz CT molecular complexity index is 323. The second kappa shape index (κ2) is 5.84. The summed E-state index contributed by atoms with van der Waals surface area (Å²) in [5.41, 5.74) is 0. The van der Waals surface area contributed by atoms with E-state index in [-0.39, 0.29) is 0 Å². The van der Waals surface area contributed by atoms with Crippen molar-refractivity contribution in [3.63, 3.8) is 0 Å². The van der Waals surface area contributed by atoms with Gasteiger partial charge < -0.3 is 10.2 Å². The minimum Gasteiger partial charge on any atom is -0.347 e. The Balaban J connectivity index is 1.94. The monoisotopic (exact) mass is 259 g/mol. The molecule has 1 unspecified atom stereocenters. The topological polar surface area (TPSA) is 28.2 Å². The molecule has 2 rings (SSSR count). The Kier molecular flexibility index (Phi) is 4.44. The number of thiazole rings is 1. The molecule has 1 fully saturated rings. The first-order valence-electron chi connectivity index (χ1n) is 5.89. The van der Waals surface area contributed by atoms with Crippen molar-refractivity contribution in [2.75, 3.05) is 24.5 Å². The van der Waals surface area contributed by atoms with Crippen LogP contribution in [0.25, 0.3) is 0 Å². The Morgan fingerprint density at radius 2 is 2.50 bits per heavy atom. The Labute approximate surface area is 106 Å². The summed E-state index contributed by atoms with van der Waals surface area (Å²) in [5, 5.41) is 7.11. The van der Waals surface area contributed by atoms with E-state index in [0.29, 0.717) is 11.2 Å². The molecule has 5 heteroatoms. The van der Waals surface area contributed by atoms with Crippen molar-refractivity contribution >= 4 is 28.1 Å².